The quantitative estimate of drug-likeness (QED) is 0.494. The van der Waals surface area contributed by atoms with Crippen molar-refractivity contribution in [2.24, 2.45) is 11.8 Å². The Morgan fingerprint density at radius 2 is 1.88 bits per heavy atom. The van der Waals surface area contributed by atoms with Crippen LogP contribution in [0, 0.1) is 11.8 Å². The topological polar surface area (TPSA) is 82.1 Å². The first kappa shape index (κ1) is 26.9. The maximum absolute atomic E-state index is 12.8. The van der Waals surface area contributed by atoms with E-state index in [1.165, 1.54) is 12.1 Å². The number of alkyl halides is 3. The molecule has 0 radical (unpaired) electrons. The van der Waals surface area contributed by atoms with Crippen molar-refractivity contribution < 1.29 is 23.1 Å². The number of piperidine rings is 1. The molecule has 1 aliphatic heterocycles. The number of imidazole rings is 1. The minimum Gasteiger partial charge on any atom is -0.481 e. The number of benzene rings is 1. The lowest BCUT2D eigenvalue weighted by molar-refractivity contribution is -0.139. The molecule has 6 nitrogen and oxygen atoms in total. The van der Waals surface area contributed by atoms with Crippen molar-refractivity contribution in [2.75, 3.05) is 13.1 Å². The third kappa shape index (κ3) is 6.82. The van der Waals surface area contributed by atoms with E-state index in [0.717, 1.165) is 41.0 Å². The summed E-state index contributed by atoms with van der Waals surface area (Å²) in [6.45, 7) is 1.90. The Morgan fingerprint density at radius 3 is 2.52 bits per heavy atom. The van der Waals surface area contributed by atoms with Crippen LogP contribution < -0.4 is 0 Å². The fourth-order valence-corrected chi connectivity index (χ4v) is 4.34. The van der Waals surface area contributed by atoms with E-state index in [-0.39, 0.29) is 43.1 Å². The van der Waals surface area contributed by atoms with Crippen LogP contribution in [-0.4, -0.2) is 44.0 Å². The number of hydrogen-bond acceptors (Lipinski definition) is 4. The van der Waals surface area contributed by atoms with Gasteiger partial charge in [0.2, 0.25) is 0 Å². The van der Waals surface area contributed by atoms with Gasteiger partial charge in [-0.15, -0.1) is 24.8 Å². The maximum atomic E-state index is 12.8. The Hall–Kier alpha value is -2.36. The number of aromatic amines is 1. The number of likely N-dealkylation sites (tertiary alicyclic amines) is 1. The lowest BCUT2D eigenvalue weighted by atomic mass is 9.81. The fraction of sp³-hybridized carbons (Fsp3) is 0.409. The Morgan fingerprint density at radius 1 is 1.15 bits per heavy atom. The van der Waals surface area contributed by atoms with Gasteiger partial charge in [0.15, 0.2) is 0 Å². The molecule has 0 unspecified atom stereocenters. The van der Waals surface area contributed by atoms with Gasteiger partial charge >= 0.3 is 12.1 Å². The number of nitrogens with zero attached hydrogens (tertiary/aromatic N) is 3. The molecule has 1 aromatic carbocycles. The Labute approximate surface area is 201 Å². The maximum Gasteiger partial charge on any atom is 0.416 e. The summed E-state index contributed by atoms with van der Waals surface area (Å²) in [5, 5.41) is 9.32. The number of rotatable bonds is 6. The second-order valence-corrected chi connectivity index (χ2v) is 8.12. The average molecular weight is 505 g/mol. The van der Waals surface area contributed by atoms with Gasteiger partial charge in [0.1, 0.15) is 5.82 Å². The molecule has 0 bridgehead atoms. The lowest BCUT2D eigenvalue weighted by Gasteiger charge is -2.38. The summed E-state index contributed by atoms with van der Waals surface area (Å²) in [7, 11) is 0. The van der Waals surface area contributed by atoms with E-state index in [9.17, 15) is 23.1 Å². The molecular weight excluding hydrogens is 480 g/mol. The molecule has 33 heavy (non-hydrogen) atoms. The zero-order valence-corrected chi connectivity index (χ0v) is 19.2. The number of carboxylic acids is 1. The first-order valence-electron chi connectivity index (χ1n) is 10.2. The minimum absolute atomic E-state index is 0. The van der Waals surface area contributed by atoms with Crippen LogP contribution in [0.25, 0.3) is 11.0 Å². The largest absolute Gasteiger partial charge is 0.481 e. The van der Waals surface area contributed by atoms with E-state index in [4.69, 9.17) is 0 Å². The van der Waals surface area contributed by atoms with Crippen molar-refractivity contribution in [3.8, 4) is 0 Å². The van der Waals surface area contributed by atoms with Gasteiger partial charge < -0.3 is 10.1 Å². The Balaban J connectivity index is 0.00000193. The van der Waals surface area contributed by atoms with Gasteiger partial charge in [-0.3, -0.25) is 14.7 Å². The SMILES string of the molecule is Cl.Cl.O=C(O)C[C@@H]1CCN(Cc2ccc(C(F)(F)F)cc2)C[C@@H]1Cc1nc2ccncc2[nH]1. The minimum atomic E-state index is -4.35. The average Bonchev–Trinajstić information content (AvgIpc) is 3.12. The number of halogens is 5. The number of nitrogens with one attached hydrogen (secondary N) is 1. The van der Waals surface area contributed by atoms with Gasteiger partial charge in [-0.05, 0) is 48.6 Å². The summed E-state index contributed by atoms with van der Waals surface area (Å²) in [5.74, 6) is 0.0697. The monoisotopic (exact) mass is 504 g/mol. The Bertz CT molecular complexity index is 1030. The van der Waals surface area contributed by atoms with Crippen molar-refractivity contribution in [2.45, 2.75) is 32.0 Å². The van der Waals surface area contributed by atoms with Crippen LogP contribution in [0.15, 0.2) is 42.7 Å². The predicted molar refractivity (Wildman–Crippen MR) is 123 cm³/mol. The van der Waals surface area contributed by atoms with E-state index < -0.39 is 17.7 Å². The van der Waals surface area contributed by atoms with E-state index in [1.54, 1.807) is 12.4 Å². The summed E-state index contributed by atoms with van der Waals surface area (Å²) in [5.41, 5.74) is 1.80. The highest BCUT2D eigenvalue weighted by Gasteiger charge is 2.32. The fourth-order valence-electron chi connectivity index (χ4n) is 4.34. The highest BCUT2D eigenvalue weighted by molar-refractivity contribution is 5.85. The smallest absolute Gasteiger partial charge is 0.416 e. The zero-order valence-electron chi connectivity index (χ0n) is 17.6. The van der Waals surface area contributed by atoms with E-state index in [1.807, 2.05) is 6.07 Å². The standard InChI is InChI=1S/C22H23F3N4O2.2ClH/c23-22(24,25)17-3-1-14(2-4-17)12-29-8-6-15(10-21(30)31)16(13-29)9-20-27-18-5-7-26-11-19(18)28-20;;/h1-5,7,11,15-16H,6,8-10,12-13H2,(H,27,28)(H,30,31);2*1H/t15-,16-;;/m0../s1. The lowest BCUT2D eigenvalue weighted by Crippen LogP contribution is -2.41. The van der Waals surface area contributed by atoms with Gasteiger partial charge in [0.05, 0.1) is 22.8 Å². The molecule has 180 valence electrons. The second-order valence-electron chi connectivity index (χ2n) is 8.12. The van der Waals surface area contributed by atoms with Gasteiger partial charge in [0.25, 0.3) is 0 Å². The molecule has 4 rings (SSSR count). The van der Waals surface area contributed by atoms with Crippen molar-refractivity contribution in [1.82, 2.24) is 19.9 Å². The number of hydrogen-bond donors (Lipinski definition) is 2. The molecule has 1 saturated heterocycles. The number of carbonyl (C=O) groups is 1. The number of aliphatic carboxylic acids is 1. The third-order valence-corrected chi connectivity index (χ3v) is 5.89. The molecule has 0 spiro atoms. The molecule has 3 aromatic rings. The van der Waals surface area contributed by atoms with Crippen molar-refractivity contribution in [3.63, 3.8) is 0 Å². The summed E-state index contributed by atoms with van der Waals surface area (Å²) in [4.78, 5) is 25.5. The molecular formula is C22H25Cl2F3N4O2. The summed E-state index contributed by atoms with van der Waals surface area (Å²) < 4.78 is 38.4. The van der Waals surface area contributed by atoms with Crippen LogP contribution in [0.3, 0.4) is 0 Å². The Kier molecular flexibility index (Phi) is 9.11. The number of fused-ring (bicyclic) bond motifs is 1. The first-order chi connectivity index (χ1) is 14.8. The highest BCUT2D eigenvalue weighted by Crippen LogP contribution is 2.32. The van der Waals surface area contributed by atoms with Gasteiger partial charge in [0, 0.05) is 32.1 Å². The van der Waals surface area contributed by atoms with Crippen molar-refractivity contribution in [1.29, 1.82) is 0 Å². The summed E-state index contributed by atoms with van der Waals surface area (Å²) in [6.07, 6.45) is 0.460. The molecule has 1 aliphatic rings. The second kappa shape index (κ2) is 11.2. The molecule has 0 aliphatic carbocycles. The van der Waals surface area contributed by atoms with Crippen molar-refractivity contribution >= 4 is 41.8 Å². The molecule has 0 saturated carbocycles. The van der Waals surface area contributed by atoms with Crippen LogP contribution >= 0.6 is 24.8 Å². The van der Waals surface area contributed by atoms with Gasteiger partial charge in [-0.25, -0.2) is 4.98 Å². The molecule has 1 fully saturated rings. The van der Waals surface area contributed by atoms with Crippen molar-refractivity contribution in [3.05, 3.63) is 59.7 Å². The first-order valence-corrected chi connectivity index (χ1v) is 10.2. The molecule has 2 atom stereocenters. The molecule has 3 heterocycles. The predicted octanol–water partition coefficient (Wildman–Crippen LogP) is 4.98. The zero-order chi connectivity index (χ0) is 22.0. The van der Waals surface area contributed by atoms with Crippen LogP contribution in [0.4, 0.5) is 13.2 Å². The molecule has 2 aromatic heterocycles. The number of H-pyrrole nitrogens is 1. The highest BCUT2D eigenvalue weighted by atomic mass is 35.5. The molecule has 2 N–H and O–H groups in total. The van der Waals surface area contributed by atoms with Crippen LogP contribution in [0.5, 0.6) is 0 Å². The van der Waals surface area contributed by atoms with E-state index in [2.05, 4.69) is 19.9 Å². The number of aromatic nitrogens is 3. The normalized spacial score (nSPS) is 19.0. The van der Waals surface area contributed by atoms with Crippen LogP contribution in [-0.2, 0) is 23.9 Å². The van der Waals surface area contributed by atoms with E-state index >= 15 is 0 Å². The van der Waals surface area contributed by atoms with Crippen LogP contribution in [0.1, 0.15) is 29.8 Å². The van der Waals surface area contributed by atoms with E-state index in [0.29, 0.717) is 26.1 Å². The summed E-state index contributed by atoms with van der Waals surface area (Å²) in [6, 6.07) is 7.04. The summed E-state index contributed by atoms with van der Waals surface area (Å²) >= 11 is 0. The third-order valence-electron chi connectivity index (χ3n) is 5.89. The number of pyridine rings is 1. The van der Waals surface area contributed by atoms with Crippen LogP contribution in [0.2, 0.25) is 0 Å². The molecule has 0 amide bonds. The number of carboxylic acid groups (broad SMARTS) is 1. The van der Waals surface area contributed by atoms with Gasteiger partial charge in [-0.2, -0.15) is 13.2 Å². The van der Waals surface area contributed by atoms with Gasteiger partial charge in [-0.1, -0.05) is 12.1 Å². The molecule has 11 heteroatoms.